The molecule has 1 amide bonds. The normalized spacial score (nSPS) is 17.7. The van der Waals surface area contributed by atoms with E-state index in [1.165, 1.54) is 17.7 Å². The van der Waals surface area contributed by atoms with Crippen molar-refractivity contribution < 1.29 is 18.7 Å². The van der Waals surface area contributed by atoms with Crippen LogP contribution >= 0.6 is 0 Å². The number of hydrogen-bond acceptors (Lipinski definition) is 6. The van der Waals surface area contributed by atoms with E-state index >= 15 is 0 Å². The highest BCUT2D eigenvalue weighted by Crippen LogP contribution is 2.37. The van der Waals surface area contributed by atoms with Gasteiger partial charge in [-0.25, -0.2) is 4.39 Å². The maximum Gasteiger partial charge on any atom is 0.254 e. The van der Waals surface area contributed by atoms with Crippen molar-refractivity contribution in [1.29, 1.82) is 0 Å². The van der Waals surface area contributed by atoms with Crippen LogP contribution in [-0.2, 0) is 9.47 Å². The molecular formula is C31H42FN5O3. The van der Waals surface area contributed by atoms with Gasteiger partial charge in [0.15, 0.2) is 11.9 Å². The highest BCUT2D eigenvalue weighted by Gasteiger charge is 2.36. The smallest absolute Gasteiger partial charge is 0.254 e. The summed E-state index contributed by atoms with van der Waals surface area (Å²) in [5.74, 6) is 1.03. The maximum atomic E-state index is 14.5. The van der Waals surface area contributed by atoms with Gasteiger partial charge in [0, 0.05) is 49.4 Å². The first kappa shape index (κ1) is 28.6. The number of hydrogen-bond donors (Lipinski definition) is 0. The zero-order valence-corrected chi connectivity index (χ0v) is 24.6. The average Bonchev–Trinajstić information content (AvgIpc) is 3.54. The Morgan fingerprint density at radius 2 is 1.82 bits per heavy atom. The lowest BCUT2D eigenvalue weighted by molar-refractivity contribution is -0.0564. The van der Waals surface area contributed by atoms with Crippen LogP contribution in [-0.4, -0.2) is 81.5 Å². The van der Waals surface area contributed by atoms with Crippen molar-refractivity contribution in [1.82, 2.24) is 24.4 Å². The molecule has 1 aromatic carbocycles. The first-order chi connectivity index (χ1) is 19.2. The number of carbonyl (C=O) groups excluding carboxylic acids is 1. The molecule has 40 heavy (non-hydrogen) atoms. The standard InChI is InChI=1S/C31H42FN5O3/c1-7-36(20(4)5)31(38)27-15-24(32)8-9-25(27)26-14-22(18-37-21(6)33-34-30(26)37)23-16-35(17-23)28(19(2)3)10-11-29-39-12-13-40-29/h8-9,14-15,18-20,23,28-29H,7,10-13,16-17H2,1-6H3/t28-/m0/s1. The molecule has 9 heteroatoms. The lowest BCUT2D eigenvalue weighted by Crippen LogP contribution is -2.52. The third kappa shape index (κ3) is 5.64. The molecule has 0 bridgehead atoms. The van der Waals surface area contributed by atoms with Crippen molar-refractivity contribution in [2.24, 2.45) is 5.92 Å². The molecule has 5 rings (SSSR count). The lowest BCUT2D eigenvalue weighted by Gasteiger charge is -2.46. The number of amides is 1. The highest BCUT2D eigenvalue weighted by atomic mass is 19.1. The molecule has 2 saturated heterocycles. The molecule has 1 atom stereocenters. The van der Waals surface area contributed by atoms with Gasteiger partial charge < -0.3 is 14.4 Å². The average molecular weight is 552 g/mol. The fourth-order valence-corrected chi connectivity index (χ4v) is 6.19. The number of aryl methyl sites for hydroxylation is 1. The molecule has 8 nitrogen and oxygen atoms in total. The molecule has 2 aromatic heterocycles. The summed E-state index contributed by atoms with van der Waals surface area (Å²) in [4.78, 5) is 17.9. The van der Waals surface area contributed by atoms with Crippen LogP contribution in [0.1, 0.15) is 75.1 Å². The summed E-state index contributed by atoms with van der Waals surface area (Å²) in [7, 11) is 0. The van der Waals surface area contributed by atoms with Crippen LogP contribution < -0.4 is 0 Å². The summed E-state index contributed by atoms with van der Waals surface area (Å²) in [6, 6.07) is 7.06. The van der Waals surface area contributed by atoms with Gasteiger partial charge in [0.05, 0.1) is 18.8 Å². The predicted octanol–water partition coefficient (Wildman–Crippen LogP) is 5.29. The van der Waals surface area contributed by atoms with Crippen LogP contribution in [0.15, 0.2) is 30.5 Å². The van der Waals surface area contributed by atoms with E-state index in [1.807, 2.05) is 32.1 Å². The summed E-state index contributed by atoms with van der Waals surface area (Å²) in [5, 5.41) is 8.79. The number of pyridine rings is 1. The highest BCUT2D eigenvalue weighted by molar-refractivity contribution is 6.02. The quantitative estimate of drug-likeness (QED) is 0.341. The van der Waals surface area contributed by atoms with Gasteiger partial charge in [-0.05, 0) is 75.8 Å². The Labute approximate surface area is 236 Å². The lowest BCUT2D eigenvalue weighted by atomic mass is 9.85. The molecule has 0 radical (unpaired) electrons. The minimum absolute atomic E-state index is 0.00281. The first-order valence-corrected chi connectivity index (χ1v) is 14.6. The number of benzene rings is 1. The molecule has 2 fully saturated rings. The van der Waals surface area contributed by atoms with Gasteiger partial charge in [-0.15, -0.1) is 10.2 Å². The predicted molar refractivity (Wildman–Crippen MR) is 153 cm³/mol. The van der Waals surface area contributed by atoms with Crippen LogP contribution in [0.3, 0.4) is 0 Å². The zero-order chi connectivity index (χ0) is 28.6. The van der Waals surface area contributed by atoms with E-state index in [1.54, 1.807) is 11.0 Å². The number of likely N-dealkylation sites (tertiary alicyclic amines) is 1. The third-order valence-electron chi connectivity index (χ3n) is 8.43. The summed E-state index contributed by atoms with van der Waals surface area (Å²) in [6.45, 7) is 16.2. The Morgan fingerprint density at radius 1 is 1.10 bits per heavy atom. The van der Waals surface area contributed by atoms with E-state index in [-0.39, 0.29) is 18.2 Å². The van der Waals surface area contributed by atoms with Crippen LogP contribution in [0.4, 0.5) is 4.39 Å². The van der Waals surface area contributed by atoms with Crippen molar-refractivity contribution in [2.75, 3.05) is 32.8 Å². The van der Waals surface area contributed by atoms with E-state index in [0.29, 0.717) is 54.4 Å². The fourth-order valence-electron chi connectivity index (χ4n) is 6.19. The van der Waals surface area contributed by atoms with E-state index in [2.05, 4.69) is 41.2 Å². The molecule has 0 saturated carbocycles. The topological polar surface area (TPSA) is 72.2 Å². The molecule has 4 heterocycles. The number of halogens is 1. The molecule has 0 N–H and O–H groups in total. The third-order valence-corrected chi connectivity index (χ3v) is 8.43. The zero-order valence-electron chi connectivity index (χ0n) is 24.6. The van der Waals surface area contributed by atoms with Crippen LogP contribution in [0.2, 0.25) is 0 Å². The summed E-state index contributed by atoms with van der Waals surface area (Å²) >= 11 is 0. The Hall–Kier alpha value is -2.88. The van der Waals surface area contributed by atoms with Gasteiger partial charge >= 0.3 is 0 Å². The monoisotopic (exact) mass is 551 g/mol. The van der Waals surface area contributed by atoms with Crippen LogP contribution in [0.5, 0.6) is 0 Å². The fraction of sp³-hybridized carbons (Fsp3) is 0.581. The van der Waals surface area contributed by atoms with E-state index in [4.69, 9.17) is 9.47 Å². The second kappa shape index (κ2) is 11.9. The first-order valence-electron chi connectivity index (χ1n) is 14.6. The Kier molecular flexibility index (Phi) is 8.54. The van der Waals surface area contributed by atoms with Crippen molar-refractivity contribution in [3.63, 3.8) is 0 Å². The van der Waals surface area contributed by atoms with E-state index in [0.717, 1.165) is 37.3 Å². The van der Waals surface area contributed by atoms with Gasteiger partial charge in [0.1, 0.15) is 11.6 Å². The Morgan fingerprint density at radius 3 is 2.48 bits per heavy atom. The molecule has 3 aromatic rings. The second-order valence-corrected chi connectivity index (χ2v) is 11.7. The maximum absolute atomic E-state index is 14.5. The Bertz CT molecular complexity index is 1340. The van der Waals surface area contributed by atoms with Gasteiger partial charge in [-0.3, -0.25) is 14.1 Å². The summed E-state index contributed by atoms with van der Waals surface area (Å²) in [6.07, 6.45) is 3.99. The van der Waals surface area contributed by atoms with E-state index in [9.17, 15) is 9.18 Å². The number of fused-ring (bicyclic) bond motifs is 1. The van der Waals surface area contributed by atoms with Gasteiger partial charge in [-0.1, -0.05) is 19.9 Å². The SMILES string of the molecule is CCN(C(=O)c1cc(F)ccc1-c1cc(C2CN([C@@H](CCC3OCCO3)C(C)C)C2)cn2c(C)nnc12)C(C)C. The van der Waals surface area contributed by atoms with Crippen molar-refractivity contribution in [3.05, 3.63) is 53.2 Å². The van der Waals surface area contributed by atoms with Crippen LogP contribution in [0.25, 0.3) is 16.8 Å². The summed E-state index contributed by atoms with van der Waals surface area (Å²) < 4.78 is 27.8. The minimum Gasteiger partial charge on any atom is -0.350 e. The van der Waals surface area contributed by atoms with Crippen LogP contribution in [0, 0.1) is 18.7 Å². The molecule has 2 aliphatic heterocycles. The number of rotatable bonds is 10. The largest absolute Gasteiger partial charge is 0.350 e. The number of aromatic nitrogens is 3. The molecule has 0 aliphatic carbocycles. The van der Waals surface area contributed by atoms with Crippen molar-refractivity contribution in [3.8, 4) is 11.1 Å². The minimum atomic E-state index is -0.431. The Balaban J connectivity index is 1.45. The summed E-state index contributed by atoms with van der Waals surface area (Å²) in [5.41, 5.74) is 3.67. The van der Waals surface area contributed by atoms with Gasteiger partial charge in [-0.2, -0.15) is 0 Å². The van der Waals surface area contributed by atoms with Gasteiger partial charge in [0.25, 0.3) is 5.91 Å². The van der Waals surface area contributed by atoms with Crippen molar-refractivity contribution in [2.45, 2.75) is 78.7 Å². The number of nitrogens with zero attached hydrogens (tertiary/aromatic N) is 5. The number of carbonyl (C=O) groups is 1. The molecular weight excluding hydrogens is 509 g/mol. The molecule has 0 unspecified atom stereocenters. The van der Waals surface area contributed by atoms with Crippen molar-refractivity contribution >= 4 is 11.6 Å². The van der Waals surface area contributed by atoms with Gasteiger partial charge in [0.2, 0.25) is 0 Å². The molecule has 2 aliphatic rings. The molecule has 216 valence electrons. The van der Waals surface area contributed by atoms with E-state index < -0.39 is 5.82 Å². The molecule has 0 spiro atoms. The second-order valence-electron chi connectivity index (χ2n) is 11.7. The number of ether oxygens (including phenoxy) is 2.